The molecule has 2 aromatic rings. The maximum Gasteiger partial charge on any atom is 0.277 e. The van der Waals surface area contributed by atoms with E-state index in [9.17, 15) is 14.9 Å². The molecule has 1 amide bonds. The quantitative estimate of drug-likeness (QED) is 0.318. The molecule has 2 N–H and O–H groups in total. The minimum atomic E-state index is -0.643. The zero-order chi connectivity index (χ0) is 24.2. The van der Waals surface area contributed by atoms with Crippen LogP contribution in [0, 0.1) is 23.7 Å². The monoisotopic (exact) mass is 463 g/mol. The second-order valence-electron chi connectivity index (χ2n) is 6.89. The molecule has 0 fully saturated rings. The minimum Gasteiger partial charge on any atom is -0.492 e. The highest BCUT2D eigenvalue weighted by molar-refractivity contribution is 7.07. The third kappa shape index (κ3) is 7.59. The number of hydrogen-bond acceptors (Lipinski definition) is 7. The number of ether oxygens (including phenoxy) is 1. The molecule has 9 heteroatoms. The molecule has 0 saturated carbocycles. The van der Waals surface area contributed by atoms with Crippen LogP contribution in [0.2, 0.25) is 0 Å². The van der Waals surface area contributed by atoms with Gasteiger partial charge in [-0.3, -0.25) is 14.2 Å². The van der Waals surface area contributed by atoms with Crippen molar-refractivity contribution in [2.24, 2.45) is 0 Å². The average molecular weight is 464 g/mol. The number of carbonyl (C=O) groups excluding carboxylic acids is 1. The lowest BCUT2D eigenvalue weighted by Gasteiger charge is -2.11. The molecule has 8 nitrogen and oxygen atoms in total. The van der Waals surface area contributed by atoms with Crippen LogP contribution < -0.4 is 30.1 Å². The van der Waals surface area contributed by atoms with Gasteiger partial charge in [0.2, 0.25) is 0 Å². The number of nitriles is 1. The van der Waals surface area contributed by atoms with Gasteiger partial charge in [0.1, 0.15) is 27.6 Å². The van der Waals surface area contributed by atoms with E-state index in [1.165, 1.54) is 10.8 Å². The molecular weight excluding hydrogens is 438 g/mol. The Morgan fingerprint density at radius 3 is 2.67 bits per heavy atom. The Morgan fingerprint density at radius 2 is 2.06 bits per heavy atom. The number of carbonyl (C=O) groups is 1. The van der Waals surface area contributed by atoms with Crippen LogP contribution in [0.4, 0.5) is 5.69 Å². The molecule has 33 heavy (non-hydrogen) atoms. The van der Waals surface area contributed by atoms with Gasteiger partial charge in [-0.1, -0.05) is 28.7 Å². The fourth-order valence-corrected chi connectivity index (χ4v) is 3.51. The Morgan fingerprint density at radius 1 is 1.33 bits per heavy atom. The summed E-state index contributed by atoms with van der Waals surface area (Å²) in [6.07, 6.45) is 6.65. The largest absolute Gasteiger partial charge is 0.492 e. The van der Waals surface area contributed by atoms with Crippen molar-refractivity contribution < 1.29 is 9.53 Å². The van der Waals surface area contributed by atoms with Crippen LogP contribution in [0.3, 0.4) is 0 Å². The van der Waals surface area contributed by atoms with Crippen LogP contribution in [-0.2, 0) is 11.3 Å². The first-order chi connectivity index (χ1) is 15.9. The topological polar surface area (TPSA) is 99.4 Å². The van der Waals surface area contributed by atoms with Gasteiger partial charge in [-0.25, -0.2) is 0 Å². The Labute approximate surface area is 196 Å². The summed E-state index contributed by atoms with van der Waals surface area (Å²) in [4.78, 5) is 26.7. The summed E-state index contributed by atoms with van der Waals surface area (Å²) in [5, 5.41) is 14.7. The zero-order valence-corrected chi connectivity index (χ0v) is 19.6. The SMILES string of the molecule is C#CCNC(=O)C(=C=c1sc(=C=CNc2ccc(OCCN(C)C)cc2)c(=O)n1CC)C#N. The maximum absolute atomic E-state index is 12.7. The predicted octanol–water partition coefficient (Wildman–Crippen LogP) is 0.454. The molecule has 2 rings (SSSR count). The normalized spacial score (nSPS) is 9.76. The Bertz CT molecular complexity index is 1310. The van der Waals surface area contributed by atoms with Gasteiger partial charge in [-0.15, -0.1) is 6.42 Å². The van der Waals surface area contributed by atoms with Gasteiger partial charge >= 0.3 is 0 Å². The van der Waals surface area contributed by atoms with Crippen molar-refractivity contribution >= 4 is 34.4 Å². The second kappa shape index (κ2) is 12.8. The highest BCUT2D eigenvalue weighted by Gasteiger charge is 2.08. The number of terminal acetylenes is 1. The fraction of sp³-hybridized carbons (Fsp3) is 0.292. The molecule has 0 atom stereocenters. The van der Waals surface area contributed by atoms with Crippen LogP contribution in [0.1, 0.15) is 6.92 Å². The lowest BCUT2D eigenvalue weighted by atomic mass is 10.3. The summed E-state index contributed by atoms with van der Waals surface area (Å²) in [5.41, 5.74) is 5.91. The molecule has 0 bridgehead atoms. The van der Waals surface area contributed by atoms with Crippen molar-refractivity contribution in [2.45, 2.75) is 13.5 Å². The lowest BCUT2D eigenvalue weighted by molar-refractivity contribution is -0.116. The fourth-order valence-electron chi connectivity index (χ4n) is 2.52. The van der Waals surface area contributed by atoms with E-state index in [1.54, 1.807) is 13.0 Å². The van der Waals surface area contributed by atoms with Crippen molar-refractivity contribution in [3.05, 3.63) is 55.6 Å². The smallest absolute Gasteiger partial charge is 0.277 e. The Balaban J connectivity index is 2.30. The molecule has 1 aromatic heterocycles. The third-order valence-electron chi connectivity index (χ3n) is 4.22. The van der Waals surface area contributed by atoms with Crippen LogP contribution in [0.5, 0.6) is 5.75 Å². The molecule has 1 aromatic carbocycles. The van der Waals surface area contributed by atoms with Crippen molar-refractivity contribution in [3.63, 3.8) is 0 Å². The van der Waals surface area contributed by atoms with Gasteiger partial charge in [-0.2, -0.15) is 5.26 Å². The van der Waals surface area contributed by atoms with Crippen LogP contribution >= 0.6 is 11.3 Å². The number of benzene rings is 1. The third-order valence-corrected chi connectivity index (χ3v) is 5.24. The number of nitrogens with one attached hydrogen (secondary N) is 2. The van der Waals surface area contributed by atoms with Crippen LogP contribution in [0.25, 0.3) is 11.5 Å². The van der Waals surface area contributed by atoms with E-state index in [0.717, 1.165) is 29.3 Å². The number of hydrogen-bond donors (Lipinski definition) is 2. The van der Waals surface area contributed by atoms with E-state index in [2.05, 4.69) is 28.0 Å². The molecule has 0 saturated heterocycles. The Kier molecular flexibility index (Phi) is 9.80. The summed E-state index contributed by atoms with van der Waals surface area (Å²) in [5.74, 6) is 2.39. The number of likely N-dealkylation sites (N-methyl/N-ethyl adjacent to an activating group) is 1. The van der Waals surface area contributed by atoms with Crippen molar-refractivity contribution in [1.29, 1.82) is 5.26 Å². The van der Waals surface area contributed by atoms with Gasteiger partial charge in [0.05, 0.1) is 6.54 Å². The number of thiazole rings is 1. The maximum atomic E-state index is 12.7. The van der Waals surface area contributed by atoms with Gasteiger partial charge in [0.15, 0.2) is 5.57 Å². The number of aromatic nitrogens is 1. The van der Waals surface area contributed by atoms with Crippen LogP contribution in [0.15, 0.2) is 40.8 Å². The molecule has 0 aliphatic carbocycles. The van der Waals surface area contributed by atoms with Crippen molar-refractivity contribution in [2.75, 3.05) is 39.1 Å². The molecule has 0 unspecified atom stereocenters. The summed E-state index contributed by atoms with van der Waals surface area (Å²) in [6.45, 7) is 3.56. The molecule has 0 spiro atoms. The lowest BCUT2D eigenvalue weighted by Crippen LogP contribution is -2.30. The number of rotatable bonds is 9. The summed E-state index contributed by atoms with van der Waals surface area (Å²) in [6, 6.07) is 9.22. The highest BCUT2D eigenvalue weighted by atomic mass is 32.1. The molecule has 170 valence electrons. The minimum absolute atomic E-state index is 0.00661. The molecule has 0 aliphatic heterocycles. The zero-order valence-electron chi connectivity index (χ0n) is 18.8. The van der Waals surface area contributed by atoms with Crippen molar-refractivity contribution in [1.82, 2.24) is 14.8 Å². The molecule has 0 aliphatic rings. The summed E-state index contributed by atoms with van der Waals surface area (Å²) < 4.78 is 7.75. The first kappa shape index (κ1) is 25.3. The van der Waals surface area contributed by atoms with Crippen molar-refractivity contribution in [3.8, 4) is 24.2 Å². The van der Waals surface area contributed by atoms with Gasteiger partial charge < -0.3 is 20.3 Å². The van der Waals surface area contributed by atoms with Gasteiger partial charge in [0, 0.05) is 25.0 Å². The van der Waals surface area contributed by atoms with E-state index < -0.39 is 5.91 Å². The number of amides is 1. The van der Waals surface area contributed by atoms with E-state index in [-0.39, 0.29) is 17.7 Å². The average Bonchev–Trinajstić information content (AvgIpc) is 3.10. The van der Waals surface area contributed by atoms with E-state index in [1.807, 2.05) is 43.3 Å². The Hall–Kier alpha value is -3.97. The number of anilines is 1. The molecular formula is C24H25N5O3S. The van der Waals surface area contributed by atoms with E-state index in [0.29, 0.717) is 22.3 Å². The van der Waals surface area contributed by atoms with Gasteiger partial charge in [-0.05, 0) is 45.3 Å². The summed E-state index contributed by atoms with van der Waals surface area (Å²) >= 11 is 1.09. The van der Waals surface area contributed by atoms with E-state index >= 15 is 0 Å². The predicted molar refractivity (Wildman–Crippen MR) is 130 cm³/mol. The van der Waals surface area contributed by atoms with E-state index in [4.69, 9.17) is 11.2 Å². The number of nitrogens with zero attached hydrogens (tertiary/aromatic N) is 3. The van der Waals surface area contributed by atoms with Crippen LogP contribution in [-0.4, -0.2) is 49.2 Å². The molecule has 1 heterocycles. The summed E-state index contributed by atoms with van der Waals surface area (Å²) in [7, 11) is 3.97. The second-order valence-corrected chi connectivity index (χ2v) is 7.89. The highest BCUT2D eigenvalue weighted by Crippen LogP contribution is 2.15. The first-order valence-corrected chi connectivity index (χ1v) is 10.9. The first-order valence-electron chi connectivity index (χ1n) is 10.1. The molecule has 0 radical (unpaired) electrons. The standard InChI is InChI=1S/C24H25N5O3S/c1-5-12-27-23(30)18(17-25)16-22-29(6-2)24(31)21(33-22)11-13-26-19-7-9-20(10-8-19)32-15-14-28(3)4/h1,7-10,13,26H,6,12,14-15H2,2-4H3,(H,27,30). The van der Waals surface area contributed by atoms with Gasteiger partial charge in [0.25, 0.3) is 11.5 Å².